The predicted molar refractivity (Wildman–Crippen MR) is 64.3 cm³/mol. The molecule has 7 nitrogen and oxygen atoms in total. The van der Waals surface area contributed by atoms with Crippen molar-refractivity contribution in [3.05, 3.63) is 17.5 Å². The largest absolute Gasteiger partial charge is 0.383 e. The van der Waals surface area contributed by atoms with Crippen LogP contribution >= 0.6 is 0 Å². The maximum Gasteiger partial charge on any atom is 0.273 e. The molecule has 0 saturated carbocycles. The van der Waals surface area contributed by atoms with Gasteiger partial charge in [0.05, 0.1) is 6.61 Å². The highest BCUT2D eigenvalue weighted by Gasteiger charge is 2.11. The number of nitrogens with one attached hydrogen (secondary N) is 2. The summed E-state index contributed by atoms with van der Waals surface area (Å²) < 4.78 is 14.7. The first kappa shape index (κ1) is 14.6. The molecule has 1 rings (SSSR count). The van der Waals surface area contributed by atoms with Gasteiger partial charge in [0.25, 0.3) is 5.91 Å². The Morgan fingerprint density at radius 2 is 2.17 bits per heavy atom. The van der Waals surface area contributed by atoms with Crippen LogP contribution in [-0.2, 0) is 16.1 Å². The van der Waals surface area contributed by atoms with Gasteiger partial charge in [-0.15, -0.1) is 0 Å². The van der Waals surface area contributed by atoms with Crippen LogP contribution in [0.15, 0.2) is 10.6 Å². The number of ether oxygens (including phenoxy) is 2. The maximum absolute atomic E-state index is 11.6. The van der Waals surface area contributed by atoms with Crippen LogP contribution in [-0.4, -0.2) is 51.5 Å². The van der Waals surface area contributed by atoms with Crippen molar-refractivity contribution in [3.63, 3.8) is 0 Å². The number of carbonyl (C=O) groups is 1. The first-order chi connectivity index (χ1) is 8.77. The topological polar surface area (TPSA) is 85.6 Å². The third-order valence-corrected chi connectivity index (χ3v) is 2.15. The van der Waals surface area contributed by atoms with Crippen molar-refractivity contribution in [2.24, 2.45) is 0 Å². The predicted octanol–water partition coefficient (Wildman–Crippen LogP) is -0.213. The van der Waals surface area contributed by atoms with E-state index in [-0.39, 0.29) is 11.6 Å². The Morgan fingerprint density at radius 1 is 1.33 bits per heavy atom. The molecule has 0 spiro atoms. The van der Waals surface area contributed by atoms with E-state index in [0.717, 1.165) is 6.54 Å². The number of amides is 1. The van der Waals surface area contributed by atoms with E-state index >= 15 is 0 Å². The minimum Gasteiger partial charge on any atom is -0.383 e. The second kappa shape index (κ2) is 8.62. The normalized spacial score (nSPS) is 10.6. The van der Waals surface area contributed by atoms with Gasteiger partial charge >= 0.3 is 0 Å². The Bertz CT molecular complexity index is 354. The van der Waals surface area contributed by atoms with Crippen LogP contribution in [0.1, 0.15) is 16.2 Å². The Balaban J connectivity index is 2.19. The van der Waals surface area contributed by atoms with Gasteiger partial charge in [0, 0.05) is 39.9 Å². The fourth-order valence-corrected chi connectivity index (χ4v) is 1.28. The molecule has 0 aliphatic carbocycles. The molecule has 0 aliphatic heterocycles. The standard InChI is InChI=1S/C11H19N3O4/c1-16-6-5-12-3-4-13-11(15)10-7-9(8-17-2)18-14-10/h7,12H,3-6,8H2,1-2H3,(H,13,15). The summed E-state index contributed by atoms with van der Waals surface area (Å²) in [5, 5.41) is 9.50. The van der Waals surface area contributed by atoms with Crippen LogP contribution in [0.3, 0.4) is 0 Å². The van der Waals surface area contributed by atoms with Gasteiger partial charge in [-0.1, -0.05) is 5.16 Å². The number of hydrogen-bond acceptors (Lipinski definition) is 6. The van der Waals surface area contributed by atoms with Crippen molar-refractivity contribution in [1.29, 1.82) is 0 Å². The summed E-state index contributed by atoms with van der Waals surface area (Å²) in [6, 6.07) is 1.57. The zero-order chi connectivity index (χ0) is 13.2. The molecule has 0 atom stereocenters. The van der Waals surface area contributed by atoms with Gasteiger partial charge in [0.2, 0.25) is 0 Å². The van der Waals surface area contributed by atoms with E-state index in [9.17, 15) is 4.79 Å². The van der Waals surface area contributed by atoms with Gasteiger partial charge in [-0.25, -0.2) is 0 Å². The molecule has 0 aliphatic rings. The highest BCUT2D eigenvalue weighted by molar-refractivity contribution is 5.92. The summed E-state index contributed by atoms with van der Waals surface area (Å²) >= 11 is 0. The Morgan fingerprint density at radius 3 is 2.89 bits per heavy atom. The molecule has 18 heavy (non-hydrogen) atoms. The second-order valence-electron chi connectivity index (χ2n) is 3.61. The zero-order valence-corrected chi connectivity index (χ0v) is 10.7. The lowest BCUT2D eigenvalue weighted by Crippen LogP contribution is -2.33. The molecule has 0 radical (unpaired) electrons. The van der Waals surface area contributed by atoms with Crippen molar-refractivity contribution in [2.75, 3.05) is 40.5 Å². The quantitative estimate of drug-likeness (QED) is 0.595. The molecule has 102 valence electrons. The summed E-state index contributed by atoms with van der Waals surface area (Å²) in [6.07, 6.45) is 0. The molecule has 0 bridgehead atoms. The molecule has 1 heterocycles. The summed E-state index contributed by atoms with van der Waals surface area (Å²) in [6.45, 7) is 2.91. The summed E-state index contributed by atoms with van der Waals surface area (Å²) in [5.41, 5.74) is 0.263. The maximum atomic E-state index is 11.6. The molecule has 1 amide bonds. The van der Waals surface area contributed by atoms with Crippen LogP contribution in [0.4, 0.5) is 0 Å². The van der Waals surface area contributed by atoms with Gasteiger partial charge in [-0.05, 0) is 0 Å². The third kappa shape index (κ3) is 5.26. The molecule has 2 N–H and O–H groups in total. The van der Waals surface area contributed by atoms with E-state index in [1.165, 1.54) is 0 Å². The Hall–Kier alpha value is -1.44. The van der Waals surface area contributed by atoms with Gasteiger partial charge < -0.3 is 24.6 Å². The van der Waals surface area contributed by atoms with Crippen LogP contribution in [0.2, 0.25) is 0 Å². The third-order valence-electron chi connectivity index (χ3n) is 2.15. The molecule has 0 saturated heterocycles. The Labute approximate surface area is 106 Å². The van der Waals surface area contributed by atoms with Crippen molar-refractivity contribution < 1.29 is 18.8 Å². The van der Waals surface area contributed by atoms with Crippen molar-refractivity contribution in [1.82, 2.24) is 15.8 Å². The fraction of sp³-hybridized carbons (Fsp3) is 0.636. The lowest BCUT2D eigenvalue weighted by Gasteiger charge is -2.04. The number of hydrogen-bond donors (Lipinski definition) is 2. The SMILES string of the molecule is COCCNCCNC(=O)c1cc(COC)on1. The van der Waals surface area contributed by atoms with E-state index < -0.39 is 0 Å². The van der Waals surface area contributed by atoms with Gasteiger partial charge in [0.1, 0.15) is 6.61 Å². The lowest BCUT2D eigenvalue weighted by molar-refractivity contribution is 0.0944. The monoisotopic (exact) mass is 257 g/mol. The summed E-state index contributed by atoms with van der Waals surface area (Å²) in [4.78, 5) is 11.6. The molecule has 0 fully saturated rings. The van der Waals surface area contributed by atoms with E-state index in [1.54, 1.807) is 20.3 Å². The van der Waals surface area contributed by atoms with Gasteiger partial charge in [0.15, 0.2) is 11.5 Å². The molecule has 0 aromatic carbocycles. The van der Waals surface area contributed by atoms with Crippen molar-refractivity contribution >= 4 is 5.91 Å². The van der Waals surface area contributed by atoms with Crippen LogP contribution < -0.4 is 10.6 Å². The average molecular weight is 257 g/mol. The Kier molecular flexibility index (Phi) is 7.00. The number of carbonyl (C=O) groups excluding carboxylic acids is 1. The highest BCUT2D eigenvalue weighted by Crippen LogP contribution is 2.04. The van der Waals surface area contributed by atoms with Crippen molar-refractivity contribution in [3.8, 4) is 0 Å². The molecule has 1 aromatic rings. The minimum atomic E-state index is -0.255. The number of rotatable bonds is 9. The molecule has 7 heteroatoms. The van der Waals surface area contributed by atoms with Gasteiger partial charge in [-0.3, -0.25) is 4.79 Å². The average Bonchev–Trinajstić information content (AvgIpc) is 2.82. The molecule has 0 unspecified atom stereocenters. The smallest absolute Gasteiger partial charge is 0.273 e. The summed E-state index contributed by atoms with van der Waals surface area (Å²) in [5.74, 6) is 0.274. The van der Waals surface area contributed by atoms with E-state index in [1.807, 2.05) is 0 Å². The van der Waals surface area contributed by atoms with Crippen LogP contribution in [0.5, 0.6) is 0 Å². The van der Waals surface area contributed by atoms with E-state index in [0.29, 0.717) is 32.1 Å². The number of aromatic nitrogens is 1. The van der Waals surface area contributed by atoms with E-state index in [4.69, 9.17) is 14.0 Å². The van der Waals surface area contributed by atoms with Gasteiger partial charge in [-0.2, -0.15) is 0 Å². The molecular formula is C11H19N3O4. The molecule has 1 aromatic heterocycles. The minimum absolute atomic E-state index is 0.255. The lowest BCUT2D eigenvalue weighted by atomic mass is 10.3. The first-order valence-corrected chi connectivity index (χ1v) is 5.70. The first-order valence-electron chi connectivity index (χ1n) is 5.70. The zero-order valence-electron chi connectivity index (χ0n) is 10.7. The summed E-state index contributed by atoms with van der Waals surface area (Å²) in [7, 11) is 3.19. The highest BCUT2D eigenvalue weighted by atomic mass is 16.5. The second-order valence-corrected chi connectivity index (χ2v) is 3.61. The number of methoxy groups -OCH3 is 2. The van der Waals surface area contributed by atoms with Crippen LogP contribution in [0, 0.1) is 0 Å². The van der Waals surface area contributed by atoms with Crippen LogP contribution in [0.25, 0.3) is 0 Å². The van der Waals surface area contributed by atoms with E-state index in [2.05, 4.69) is 15.8 Å². The fourth-order valence-electron chi connectivity index (χ4n) is 1.28. The van der Waals surface area contributed by atoms with Crippen molar-refractivity contribution in [2.45, 2.75) is 6.61 Å². The number of nitrogens with zero attached hydrogens (tertiary/aromatic N) is 1. The molecular weight excluding hydrogens is 238 g/mol.